The van der Waals surface area contributed by atoms with Crippen LogP contribution in [0.4, 0.5) is 10.9 Å². The molecule has 0 unspecified atom stereocenters. The Morgan fingerprint density at radius 3 is 2.75 bits per heavy atom. The Balaban J connectivity index is 1.49. The summed E-state index contributed by atoms with van der Waals surface area (Å²) in [6.07, 6.45) is 3.87. The van der Waals surface area contributed by atoms with Crippen LogP contribution in [0.1, 0.15) is 24.1 Å². The van der Waals surface area contributed by atoms with Crippen molar-refractivity contribution in [3.8, 4) is 0 Å². The summed E-state index contributed by atoms with van der Waals surface area (Å²) in [6.45, 7) is 6.14. The van der Waals surface area contributed by atoms with E-state index in [0.717, 1.165) is 53.5 Å². The Morgan fingerprint density at radius 1 is 1.17 bits per heavy atom. The Kier molecular flexibility index (Phi) is 4.06. The van der Waals surface area contributed by atoms with Crippen LogP contribution in [-0.2, 0) is 0 Å². The van der Waals surface area contributed by atoms with Crippen molar-refractivity contribution in [1.29, 1.82) is 0 Å². The third-order valence-electron chi connectivity index (χ3n) is 4.59. The zero-order chi connectivity index (χ0) is 16.5. The van der Waals surface area contributed by atoms with Gasteiger partial charge in [-0.2, -0.15) is 0 Å². The molecule has 1 aliphatic heterocycles. The first-order chi connectivity index (χ1) is 11.7. The van der Waals surface area contributed by atoms with Crippen LogP contribution in [-0.4, -0.2) is 34.1 Å². The maximum atomic E-state index is 4.57. The third kappa shape index (κ3) is 2.94. The molecule has 0 radical (unpaired) electrons. The van der Waals surface area contributed by atoms with Gasteiger partial charge in [0.15, 0.2) is 5.13 Å². The minimum Gasteiger partial charge on any atom is -0.359 e. The number of aryl methyl sites for hydroxylation is 2. The summed E-state index contributed by atoms with van der Waals surface area (Å²) < 4.78 is 0. The first-order valence-corrected chi connectivity index (χ1v) is 9.22. The van der Waals surface area contributed by atoms with E-state index < -0.39 is 0 Å². The fourth-order valence-corrected chi connectivity index (χ4v) is 4.07. The van der Waals surface area contributed by atoms with Gasteiger partial charge in [-0.05, 0) is 38.3 Å². The number of nitrogens with one attached hydrogen (secondary N) is 1. The van der Waals surface area contributed by atoms with Crippen LogP contribution in [0.25, 0.3) is 10.9 Å². The molecule has 6 heteroatoms. The topological polar surface area (TPSA) is 53.9 Å². The van der Waals surface area contributed by atoms with E-state index in [9.17, 15) is 0 Å². The van der Waals surface area contributed by atoms with Crippen LogP contribution in [0, 0.1) is 13.8 Å². The van der Waals surface area contributed by atoms with Crippen LogP contribution in [0.5, 0.6) is 0 Å². The highest BCUT2D eigenvalue weighted by Crippen LogP contribution is 2.28. The standard InChI is InChI=1S/C18H21N5S/c1-12-4-3-5-15-16(12)19-11-20-17(15)23-8-6-14(7-9-23)22-18-21-13(2)10-24-18/h3-5,10-11,14H,6-9H2,1-2H3,(H,21,22). The highest BCUT2D eigenvalue weighted by molar-refractivity contribution is 7.13. The lowest BCUT2D eigenvalue weighted by Crippen LogP contribution is -2.39. The van der Waals surface area contributed by atoms with E-state index in [0.29, 0.717) is 6.04 Å². The van der Waals surface area contributed by atoms with Crippen molar-refractivity contribution < 1.29 is 0 Å². The molecule has 1 aliphatic rings. The Hall–Kier alpha value is -2.21. The van der Waals surface area contributed by atoms with Gasteiger partial charge in [-0.25, -0.2) is 15.0 Å². The molecule has 0 atom stereocenters. The maximum absolute atomic E-state index is 4.57. The number of nitrogens with zero attached hydrogens (tertiary/aromatic N) is 4. The smallest absolute Gasteiger partial charge is 0.183 e. The monoisotopic (exact) mass is 339 g/mol. The molecule has 1 N–H and O–H groups in total. The van der Waals surface area contributed by atoms with Gasteiger partial charge < -0.3 is 10.2 Å². The molecule has 4 rings (SSSR count). The number of hydrogen-bond acceptors (Lipinski definition) is 6. The van der Waals surface area contributed by atoms with E-state index in [-0.39, 0.29) is 0 Å². The molecule has 5 nitrogen and oxygen atoms in total. The number of hydrogen-bond donors (Lipinski definition) is 1. The zero-order valence-electron chi connectivity index (χ0n) is 14.0. The highest BCUT2D eigenvalue weighted by Gasteiger charge is 2.22. The van der Waals surface area contributed by atoms with E-state index in [1.807, 2.05) is 6.92 Å². The lowest BCUT2D eigenvalue weighted by Gasteiger charge is -2.33. The molecule has 0 saturated carbocycles. The molecule has 0 aliphatic carbocycles. The summed E-state index contributed by atoms with van der Waals surface area (Å²) in [5.41, 5.74) is 3.34. The molecule has 3 aromatic rings. The second-order valence-electron chi connectivity index (χ2n) is 6.37. The van der Waals surface area contributed by atoms with Crippen molar-refractivity contribution in [1.82, 2.24) is 15.0 Å². The number of aromatic nitrogens is 3. The third-order valence-corrected chi connectivity index (χ3v) is 5.48. The number of rotatable bonds is 3. The number of thiazole rings is 1. The van der Waals surface area contributed by atoms with Gasteiger partial charge in [0.1, 0.15) is 12.1 Å². The SMILES string of the molecule is Cc1csc(NC2CCN(c3ncnc4c(C)cccc34)CC2)n1. The molecular formula is C18H21N5S. The molecule has 3 heterocycles. The second-order valence-corrected chi connectivity index (χ2v) is 7.23. The average molecular weight is 339 g/mol. The quantitative estimate of drug-likeness (QED) is 0.787. The van der Waals surface area contributed by atoms with Crippen molar-refractivity contribution in [3.63, 3.8) is 0 Å². The van der Waals surface area contributed by atoms with Crippen molar-refractivity contribution in [2.24, 2.45) is 0 Å². The number of anilines is 2. The van der Waals surface area contributed by atoms with E-state index in [1.165, 1.54) is 5.56 Å². The Bertz CT molecular complexity index is 851. The summed E-state index contributed by atoms with van der Waals surface area (Å²) in [5, 5.41) is 7.85. The van der Waals surface area contributed by atoms with Gasteiger partial charge in [-0.3, -0.25) is 0 Å². The summed E-state index contributed by atoms with van der Waals surface area (Å²) in [5.74, 6) is 1.06. The molecule has 1 aromatic carbocycles. The van der Waals surface area contributed by atoms with Gasteiger partial charge >= 0.3 is 0 Å². The normalized spacial score (nSPS) is 15.8. The van der Waals surface area contributed by atoms with Gasteiger partial charge in [-0.1, -0.05) is 12.1 Å². The summed E-state index contributed by atoms with van der Waals surface area (Å²) in [4.78, 5) is 15.9. The molecule has 2 aromatic heterocycles. The number of benzene rings is 1. The first-order valence-electron chi connectivity index (χ1n) is 8.34. The van der Waals surface area contributed by atoms with Crippen LogP contribution in [0.3, 0.4) is 0 Å². The van der Waals surface area contributed by atoms with Crippen molar-refractivity contribution in [3.05, 3.63) is 41.2 Å². The predicted octanol–water partition coefficient (Wildman–Crippen LogP) is 3.78. The maximum Gasteiger partial charge on any atom is 0.183 e. The molecular weight excluding hydrogens is 318 g/mol. The van der Waals surface area contributed by atoms with Crippen LogP contribution in [0.15, 0.2) is 29.9 Å². The van der Waals surface area contributed by atoms with E-state index in [2.05, 4.69) is 55.7 Å². The number of fused-ring (bicyclic) bond motifs is 1. The molecule has 1 saturated heterocycles. The molecule has 0 spiro atoms. The molecule has 1 fully saturated rings. The van der Waals surface area contributed by atoms with Crippen LogP contribution >= 0.6 is 11.3 Å². The van der Waals surface area contributed by atoms with Gasteiger partial charge in [0, 0.05) is 29.9 Å². The summed E-state index contributed by atoms with van der Waals surface area (Å²) >= 11 is 1.69. The lowest BCUT2D eigenvalue weighted by molar-refractivity contribution is 0.524. The van der Waals surface area contributed by atoms with E-state index >= 15 is 0 Å². The molecule has 0 amide bonds. The second kappa shape index (κ2) is 6.36. The number of piperidine rings is 1. The van der Waals surface area contributed by atoms with Crippen molar-refractivity contribution >= 4 is 33.2 Å². The fraction of sp³-hybridized carbons (Fsp3) is 0.389. The van der Waals surface area contributed by atoms with E-state index in [1.54, 1.807) is 17.7 Å². The van der Waals surface area contributed by atoms with Crippen molar-refractivity contribution in [2.75, 3.05) is 23.3 Å². The summed E-state index contributed by atoms with van der Waals surface area (Å²) in [6, 6.07) is 6.80. The average Bonchev–Trinajstić information content (AvgIpc) is 3.01. The Morgan fingerprint density at radius 2 is 2.00 bits per heavy atom. The van der Waals surface area contributed by atoms with Gasteiger partial charge in [0.2, 0.25) is 0 Å². The molecule has 124 valence electrons. The highest BCUT2D eigenvalue weighted by atomic mass is 32.1. The zero-order valence-corrected chi connectivity index (χ0v) is 14.8. The molecule has 0 bridgehead atoms. The first kappa shape index (κ1) is 15.3. The van der Waals surface area contributed by atoms with Crippen LogP contribution < -0.4 is 10.2 Å². The Labute approximate surface area is 145 Å². The van der Waals surface area contributed by atoms with E-state index in [4.69, 9.17) is 0 Å². The minimum atomic E-state index is 0.488. The van der Waals surface area contributed by atoms with Crippen LogP contribution in [0.2, 0.25) is 0 Å². The van der Waals surface area contributed by atoms with Gasteiger partial charge in [0.05, 0.1) is 11.2 Å². The van der Waals surface area contributed by atoms with Gasteiger partial charge in [-0.15, -0.1) is 11.3 Å². The van der Waals surface area contributed by atoms with Crippen molar-refractivity contribution in [2.45, 2.75) is 32.7 Å². The largest absolute Gasteiger partial charge is 0.359 e. The predicted molar refractivity (Wildman–Crippen MR) is 100.0 cm³/mol. The summed E-state index contributed by atoms with van der Waals surface area (Å²) in [7, 11) is 0. The number of para-hydroxylation sites is 1. The minimum absolute atomic E-state index is 0.488. The fourth-order valence-electron chi connectivity index (χ4n) is 3.30. The van der Waals surface area contributed by atoms with Gasteiger partial charge in [0.25, 0.3) is 0 Å². The molecule has 24 heavy (non-hydrogen) atoms. The lowest BCUT2D eigenvalue weighted by atomic mass is 10.0.